The molecule has 124 valence electrons. The van der Waals surface area contributed by atoms with Gasteiger partial charge >= 0.3 is 0 Å². The van der Waals surface area contributed by atoms with Crippen molar-refractivity contribution in [2.75, 3.05) is 11.9 Å². The molecule has 3 aromatic heterocycles. The third kappa shape index (κ3) is 2.86. The van der Waals surface area contributed by atoms with Crippen molar-refractivity contribution in [1.82, 2.24) is 29.9 Å². The standard InChI is InChI=1S/C16H19N7O/c1-2-24-14-8-7-12(9-17-14)23-15-13(21-22-23)10-18-16(20-15)19-11-5-3-4-6-11/h7-11H,2-6H2,1H3,(H,18,19,20). The van der Waals surface area contributed by atoms with Crippen LogP contribution in [0.25, 0.3) is 16.9 Å². The van der Waals surface area contributed by atoms with E-state index in [1.807, 2.05) is 19.1 Å². The first-order valence-electron chi connectivity index (χ1n) is 8.27. The highest BCUT2D eigenvalue weighted by Gasteiger charge is 2.17. The molecule has 0 unspecified atom stereocenters. The molecule has 8 nitrogen and oxygen atoms in total. The molecule has 4 rings (SSSR count). The fourth-order valence-electron chi connectivity index (χ4n) is 2.96. The second-order valence-corrected chi connectivity index (χ2v) is 5.82. The van der Waals surface area contributed by atoms with E-state index in [2.05, 4.69) is 30.6 Å². The first kappa shape index (κ1) is 14.8. The van der Waals surface area contributed by atoms with Crippen LogP contribution in [-0.4, -0.2) is 42.6 Å². The second-order valence-electron chi connectivity index (χ2n) is 5.82. The Balaban J connectivity index is 1.64. The lowest BCUT2D eigenvalue weighted by molar-refractivity contribution is 0.327. The molecular weight excluding hydrogens is 306 g/mol. The van der Waals surface area contributed by atoms with Crippen molar-refractivity contribution in [3.63, 3.8) is 0 Å². The molecule has 0 saturated heterocycles. The van der Waals surface area contributed by atoms with Crippen LogP contribution < -0.4 is 10.1 Å². The average molecular weight is 325 g/mol. The Hall–Kier alpha value is -2.77. The topological polar surface area (TPSA) is 90.6 Å². The Kier molecular flexibility index (Phi) is 3.94. The lowest BCUT2D eigenvalue weighted by atomic mass is 10.2. The lowest BCUT2D eigenvalue weighted by Gasteiger charge is -2.11. The van der Waals surface area contributed by atoms with E-state index in [4.69, 9.17) is 4.74 Å². The van der Waals surface area contributed by atoms with Crippen LogP contribution in [0.2, 0.25) is 0 Å². The number of hydrogen-bond acceptors (Lipinski definition) is 7. The maximum absolute atomic E-state index is 5.37. The van der Waals surface area contributed by atoms with E-state index in [-0.39, 0.29) is 0 Å². The maximum atomic E-state index is 5.37. The zero-order valence-corrected chi connectivity index (χ0v) is 13.5. The fourth-order valence-corrected chi connectivity index (χ4v) is 2.96. The van der Waals surface area contributed by atoms with Gasteiger partial charge in [-0.15, -0.1) is 5.10 Å². The van der Waals surface area contributed by atoms with E-state index >= 15 is 0 Å². The van der Waals surface area contributed by atoms with Crippen molar-refractivity contribution in [3.8, 4) is 11.6 Å². The van der Waals surface area contributed by atoms with Crippen LogP contribution in [-0.2, 0) is 0 Å². The number of rotatable bonds is 5. The minimum absolute atomic E-state index is 0.457. The molecular formula is C16H19N7O. The van der Waals surface area contributed by atoms with E-state index < -0.39 is 0 Å². The van der Waals surface area contributed by atoms with Gasteiger partial charge < -0.3 is 10.1 Å². The number of pyridine rings is 1. The number of nitrogens with one attached hydrogen (secondary N) is 1. The molecule has 0 atom stereocenters. The molecule has 3 heterocycles. The molecule has 8 heteroatoms. The summed E-state index contributed by atoms with van der Waals surface area (Å²) in [5.41, 5.74) is 2.10. The Labute approximate surface area is 139 Å². The summed E-state index contributed by atoms with van der Waals surface area (Å²) in [6, 6.07) is 4.16. The van der Waals surface area contributed by atoms with Gasteiger partial charge in [0.2, 0.25) is 11.8 Å². The zero-order chi connectivity index (χ0) is 16.4. The van der Waals surface area contributed by atoms with E-state index in [0.29, 0.717) is 35.6 Å². The number of ether oxygens (including phenoxy) is 1. The van der Waals surface area contributed by atoms with Crippen molar-refractivity contribution in [3.05, 3.63) is 24.5 Å². The number of aromatic nitrogens is 6. The second kappa shape index (κ2) is 6.38. The van der Waals surface area contributed by atoms with Crippen molar-refractivity contribution in [2.24, 2.45) is 0 Å². The van der Waals surface area contributed by atoms with Crippen LogP contribution in [0.3, 0.4) is 0 Å². The lowest BCUT2D eigenvalue weighted by Crippen LogP contribution is -2.16. The van der Waals surface area contributed by atoms with E-state index in [1.165, 1.54) is 25.7 Å². The van der Waals surface area contributed by atoms with Crippen LogP contribution in [0, 0.1) is 0 Å². The minimum Gasteiger partial charge on any atom is -0.478 e. The number of anilines is 1. The van der Waals surface area contributed by atoms with Crippen molar-refractivity contribution >= 4 is 17.1 Å². The van der Waals surface area contributed by atoms with Crippen LogP contribution in [0.1, 0.15) is 32.6 Å². The summed E-state index contributed by atoms with van der Waals surface area (Å²) in [6.45, 7) is 2.51. The van der Waals surface area contributed by atoms with Crippen molar-refractivity contribution in [1.29, 1.82) is 0 Å². The molecule has 1 aliphatic carbocycles. The monoisotopic (exact) mass is 325 g/mol. The smallest absolute Gasteiger partial charge is 0.225 e. The van der Waals surface area contributed by atoms with Crippen LogP contribution in [0.5, 0.6) is 5.88 Å². The molecule has 3 aromatic rings. The summed E-state index contributed by atoms with van der Waals surface area (Å²) in [7, 11) is 0. The van der Waals surface area contributed by atoms with E-state index in [0.717, 1.165) is 5.69 Å². The Morgan fingerprint density at radius 2 is 2.08 bits per heavy atom. The predicted octanol–water partition coefficient (Wildman–Crippen LogP) is 2.36. The normalized spacial score (nSPS) is 15.0. The summed E-state index contributed by atoms with van der Waals surface area (Å²) < 4.78 is 7.03. The highest BCUT2D eigenvalue weighted by molar-refractivity contribution is 5.71. The molecule has 24 heavy (non-hydrogen) atoms. The minimum atomic E-state index is 0.457. The Morgan fingerprint density at radius 1 is 1.21 bits per heavy atom. The zero-order valence-electron chi connectivity index (χ0n) is 13.5. The van der Waals surface area contributed by atoms with Gasteiger partial charge in [0.15, 0.2) is 11.2 Å². The third-order valence-electron chi connectivity index (χ3n) is 4.14. The molecule has 0 radical (unpaired) electrons. The quantitative estimate of drug-likeness (QED) is 0.770. The maximum Gasteiger partial charge on any atom is 0.225 e. The molecule has 0 aliphatic heterocycles. The van der Waals surface area contributed by atoms with Gasteiger partial charge in [-0.1, -0.05) is 18.1 Å². The summed E-state index contributed by atoms with van der Waals surface area (Å²) >= 11 is 0. The molecule has 1 fully saturated rings. The van der Waals surface area contributed by atoms with Gasteiger partial charge in [0.05, 0.1) is 24.7 Å². The van der Waals surface area contributed by atoms with Gasteiger partial charge in [-0.2, -0.15) is 9.67 Å². The first-order valence-corrected chi connectivity index (χ1v) is 8.27. The van der Waals surface area contributed by atoms with Gasteiger partial charge in [-0.25, -0.2) is 9.97 Å². The number of fused-ring (bicyclic) bond motifs is 1. The molecule has 1 N–H and O–H groups in total. The van der Waals surface area contributed by atoms with Crippen LogP contribution in [0.15, 0.2) is 24.5 Å². The third-order valence-corrected chi connectivity index (χ3v) is 4.14. The van der Waals surface area contributed by atoms with Gasteiger partial charge in [0, 0.05) is 12.1 Å². The van der Waals surface area contributed by atoms with Gasteiger partial charge in [-0.3, -0.25) is 0 Å². The van der Waals surface area contributed by atoms with Gasteiger partial charge in [0.1, 0.15) is 0 Å². The summed E-state index contributed by atoms with van der Waals surface area (Å²) in [5.74, 6) is 1.21. The predicted molar refractivity (Wildman–Crippen MR) is 89.3 cm³/mol. The highest BCUT2D eigenvalue weighted by atomic mass is 16.5. The first-order chi connectivity index (χ1) is 11.8. The van der Waals surface area contributed by atoms with Crippen LogP contribution >= 0.6 is 0 Å². The highest BCUT2D eigenvalue weighted by Crippen LogP contribution is 2.22. The Bertz CT molecular complexity index is 824. The van der Waals surface area contributed by atoms with E-state index in [9.17, 15) is 0 Å². The summed E-state index contributed by atoms with van der Waals surface area (Å²) in [5, 5.41) is 11.7. The molecule has 0 aromatic carbocycles. The average Bonchev–Trinajstić information content (AvgIpc) is 3.25. The largest absolute Gasteiger partial charge is 0.478 e. The Morgan fingerprint density at radius 3 is 2.83 bits per heavy atom. The number of hydrogen-bond donors (Lipinski definition) is 1. The molecule has 1 saturated carbocycles. The van der Waals surface area contributed by atoms with E-state index in [1.54, 1.807) is 17.1 Å². The van der Waals surface area contributed by atoms with Crippen LogP contribution in [0.4, 0.5) is 5.95 Å². The van der Waals surface area contributed by atoms with Crippen molar-refractivity contribution in [2.45, 2.75) is 38.6 Å². The molecule has 0 bridgehead atoms. The summed E-state index contributed by atoms with van der Waals surface area (Å²) in [6.07, 6.45) is 8.26. The molecule has 0 amide bonds. The SMILES string of the molecule is CCOc1ccc(-n2nnc3cnc(NC4CCCC4)nc32)cn1. The fraction of sp³-hybridized carbons (Fsp3) is 0.438. The molecule has 1 aliphatic rings. The van der Waals surface area contributed by atoms with Crippen molar-refractivity contribution < 1.29 is 4.74 Å². The molecule has 0 spiro atoms. The van der Waals surface area contributed by atoms with Gasteiger partial charge in [0.25, 0.3) is 0 Å². The summed E-state index contributed by atoms with van der Waals surface area (Å²) in [4.78, 5) is 13.2. The number of nitrogens with zero attached hydrogens (tertiary/aromatic N) is 6. The van der Waals surface area contributed by atoms with Gasteiger partial charge in [-0.05, 0) is 25.8 Å².